The number of hydrogen-bond acceptors (Lipinski definition) is 2. The summed E-state index contributed by atoms with van der Waals surface area (Å²) in [5.41, 5.74) is 1.49. The van der Waals surface area contributed by atoms with E-state index in [9.17, 15) is 0 Å². The molecular formula is C20H40O2Si. The zero-order chi connectivity index (χ0) is 16.7. The molecule has 0 saturated heterocycles. The molecule has 0 aromatic rings. The van der Waals surface area contributed by atoms with E-state index in [4.69, 9.17) is 8.85 Å². The molecule has 136 valence electrons. The Bertz CT molecular complexity index is 302. The second-order valence-corrected chi connectivity index (χ2v) is 11.8. The van der Waals surface area contributed by atoms with Gasteiger partial charge in [0.2, 0.25) is 0 Å². The normalized spacial score (nSPS) is 31.8. The van der Waals surface area contributed by atoms with E-state index in [1.165, 1.54) is 77.0 Å². The fourth-order valence-electron chi connectivity index (χ4n) is 5.72. The summed E-state index contributed by atoms with van der Waals surface area (Å²) in [5, 5.41) is 0. The molecule has 2 aliphatic rings. The van der Waals surface area contributed by atoms with Crippen LogP contribution in [-0.4, -0.2) is 22.8 Å². The summed E-state index contributed by atoms with van der Waals surface area (Å²) in [7, 11) is 1.84. The largest absolute Gasteiger partial charge is 0.397 e. The maximum atomic E-state index is 6.39. The van der Waals surface area contributed by atoms with Crippen LogP contribution < -0.4 is 0 Å². The molecule has 0 radical (unpaired) electrons. The van der Waals surface area contributed by atoms with Crippen LogP contribution in [0.15, 0.2) is 0 Å². The number of rotatable bonds is 10. The highest BCUT2D eigenvalue weighted by molar-refractivity contribution is 6.70. The zero-order valence-corrected chi connectivity index (χ0v) is 17.1. The molecule has 2 aliphatic carbocycles. The van der Waals surface area contributed by atoms with Crippen molar-refractivity contribution in [2.45, 2.75) is 102 Å². The van der Waals surface area contributed by atoms with Crippen molar-refractivity contribution >= 4 is 8.56 Å². The Balaban J connectivity index is 2.16. The predicted molar refractivity (Wildman–Crippen MR) is 101 cm³/mol. The monoisotopic (exact) mass is 340 g/mol. The molecule has 0 aromatic heterocycles. The van der Waals surface area contributed by atoms with Gasteiger partial charge in [-0.25, -0.2) is 0 Å². The molecule has 0 spiro atoms. The Labute approximate surface area is 146 Å². The van der Waals surface area contributed by atoms with Crippen LogP contribution in [0.2, 0.25) is 11.1 Å². The molecule has 0 aliphatic heterocycles. The average molecular weight is 341 g/mol. The summed E-state index contributed by atoms with van der Waals surface area (Å²) in [6.07, 6.45) is 16.5. The predicted octanol–water partition coefficient (Wildman–Crippen LogP) is 6.44. The van der Waals surface area contributed by atoms with E-state index in [0.717, 1.165) is 22.9 Å². The van der Waals surface area contributed by atoms with Gasteiger partial charge in [-0.15, -0.1) is 0 Å². The molecule has 23 heavy (non-hydrogen) atoms. The summed E-state index contributed by atoms with van der Waals surface area (Å²) in [5.74, 6) is 1.74. The third-order valence-electron chi connectivity index (χ3n) is 6.85. The molecule has 2 saturated carbocycles. The van der Waals surface area contributed by atoms with Gasteiger partial charge >= 0.3 is 8.56 Å². The van der Waals surface area contributed by atoms with Crippen LogP contribution in [0, 0.1) is 11.8 Å². The van der Waals surface area contributed by atoms with Crippen molar-refractivity contribution in [3.8, 4) is 0 Å². The first-order valence-corrected chi connectivity index (χ1v) is 12.3. The SMILES string of the molecule is CCCCC1CCCC1[Si](OC)(OC)C1CCCC1CCCC. The molecule has 0 amide bonds. The minimum Gasteiger partial charge on any atom is -0.397 e. The van der Waals surface area contributed by atoms with E-state index in [1.54, 1.807) is 0 Å². The smallest absolute Gasteiger partial charge is 0.344 e. The minimum absolute atomic E-state index is 0.747. The highest BCUT2D eigenvalue weighted by Gasteiger charge is 2.57. The van der Waals surface area contributed by atoms with Crippen LogP contribution in [-0.2, 0) is 8.85 Å². The van der Waals surface area contributed by atoms with E-state index in [-0.39, 0.29) is 0 Å². The Morgan fingerprint density at radius 1 is 0.739 bits per heavy atom. The quantitative estimate of drug-likeness (QED) is 0.426. The van der Waals surface area contributed by atoms with Crippen molar-refractivity contribution in [2.75, 3.05) is 14.2 Å². The fraction of sp³-hybridized carbons (Fsp3) is 1.00. The van der Waals surface area contributed by atoms with Crippen LogP contribution >= 0.6 is 0 Å². The molecular weight excluding hydrogens is 300 g/mol. The summed E-state index contributed by atoms with van der Waals surface area (Å²) < 4.78 is 12.8. The molecule has 0 aromatic carbocycles. The van der Waals surface area contributed by atoms with E-state index in [2.05, 4.69) is 13.8 Å². The van der Waals surface area contributed by atoms with Crippen LogP contribution in [0.5, 0.6) is 0 Å². The van der Waals surface area contributed by atoms with Gasteiger partial charge < -0.3 is 8.85 Å². The molecule has 2 fully saturated rings. The van der Waals surface area contributed by atoms with E-state index in [0.29, 0.717) is 0 Å². The highest BCUT2D eigenvalue weighted by Crippen LogP contribution is 2.56. The fourth-order valence-corrected chi connectivity index (χ4v) is 10.8. The molecule has 0 heterocycles. The lowest BCUT2D eigenvalue weighted by Crippen LogP contribution is -2.51. The number of unbranched alkanes of at least 4 members (excludes halogenated alkanes) is 2. The van der Waals surface area contributed by atoms with Crippen molar-refractivity contribution in [3.05, 3.63) is 0 Å². The van der Waals surface area contributed by atoms with Crippen LogP contribution in [0.1, 0.15) is 90.9 Å². The van der Waals surface area contributed by atoms with Crippen molar-refractivity contribution in [2.24, 2.45) is 11.8 Å². The van der Waals surface area contributed by atoms with E-state index < -0.39 is 8.56 Å². The summed E-state index contributed by atoms with van der Waals surface area (Å²) in [6, 6.07) is 0. The van der Waals surface area contributed by atoms with Crippen molar-refractivity contribution < 1.29 is 8.85 Å². The second kappa shape index (κ2) is 9.58. The summed E-state index contributed by atoms with van der Waals surface area (Å²) >= 11 is 0. The van der Waals surface area contributed by atoms with Gasteiger partial charge in [-0.05, 0) is 24.7 Å². The van der Waals surface area contributed by atoms with Gasteiger partial charge in [0.1, 0.15) is 0 Å². The first-order chi connectivity index (χ1) is 11.2. The molecule has 4 atom stereocenters. The third kappa shape index (κ3) is 4.22. The minimum atomic E-state index is -2.10. The van der Waals surface area contributed by atoms with E-state index >= 15 is 0 Å². The molecule has 4 unspecified atom stereocenters. The molecule has 2 rings (SSSR count). The Morgan fingerprint density at radius 2 is 1.17 bits per heavy atom. The lowest BCUT2D eigenvalue weighted by molar-refractivity contribution is 0.192. The number of hydrogen-bond donors (Lipinski definition) is 0. The van der Waals surface area contributed by atoms with Gasteiger partial charge in [-0.1, -0.05) is 78.1 Å². The third-order valence-corrected chi connectivity index (χ3v) is 11.7. The summed E-state index contributed by atoms with van der Waals surface area (Å²) in [4.78, 5) is 0. The lowest BCUT2D eigenvalue weighted by atomic mass is 10.00. The van der Waals surface area contributed by atoms with Gasteiger partial charge in [0.25, 0.3) is 0 Å². The van der Waals surface area contributed by atoms with Gasteiger partial charge in [0, 0.05) is 25.3 Å². The second-order valence-electron chi connectivity index (χ2n) is 8.01. The van der Waals surface area contributed by atoms with Gasteiger partial charge in [-0.2, -0.15) is 0 Å². The molecule has 0 N–H and O–H groups in total. The Hall–Kier alpha value is 0.137. The van der Waals surface area contributed by atoms with Gasteiger partial charge in [0.15, 0.2) is 0 Å². The Kier molecular flexibility index (Phi) is 8.10. The van der Waals surface area contributed by atoms with Crippen molar-refractivity contribution in [3.63, 3.8) is 0 Å². The standard InChI is InChI=1S/C20H40O2Si/c1-5-7-11-17-13-9-15-19(17)23(21-3,22-4)20-16-10-14-18(20)12-8-6-2/h17-20H,5-16H2,1-4H3. The van der Waals surface area contributed by atoms with Crippen molar-refractivity contribution in [1.29, 1.82) is 0 Å². The Morgan fingerprint density at radius 3 is 1.52 bits per heavy atom. The van der Waals surface area contributed by atoms with Crippen LogP contribution in [0.25, 0.3) is 0 Å². The lowest BCUT2D eigenvalue weighted by Gasteiger charge is -2.43. The summed E-state index contributed by atoms with van der Waals surface area (Å²) in [6.45, 7) is 4.64. The molecule has 3 heteroatoms. The van der Waals surface area contributed by atoms with E-state index in [1.807, 2.05) is 14.2 Å². The molecule has 2 nitrogen and oxygen atoms in total. The maximum Gasteiger partial charge on any atom is 0.344 e. The zero-order valence-electron chi connectivity index (χ0n) is 16.1. The molecule has 0 bridgehead atoms. The van der Waals surface area contributed by atoms with Gasteiger partial charge in [-0.3, -0.25) is 0 Å². The average Bonchev–Trinajstić information content (AvgIpc) is 3.23. The topological polar surface area (TPSA) is 18.5 Å². The van der Waals surface area contributed by atoms with Crippen molar-refractivity contribution in [1.82, 2.24) is 0 Å². The first-order valence-electron chi connectivity index (χ1n) is 10.3. The highest BCUT2D eigenvalue weighted by atomic mass is 28.4. The maximum absolute atomic E-state index is 6.39. The van der Waals surface area contributed by atoms with Crippen LogP contribution in [0.4, 0.5) is 0 Å². The first kappa shape index (κ1) is 19.5. The van der Waals surface area contributed by atoms with Gasteiger partial charge in [0.05, 0.1) is 0 Å². The van der Waals surface area contributed by atoms with Crippen LogP contribution in [0.3, 0.4) is 0 Å².